The molecule has 1 unspecified atom stereocenters. The van der Waals surface area contributed by atoms with Crippen LogP contribution < -0.4 is 0 Å². The van der Waals surface area contributed by atoms with E-state index in [1.807, 2.05) is 6.07 Å². The Morgan fingerprint density at radius 2 is 1.92 bits per heavy atom. The van der Waals surface area contributed by atoms with Crippen molar-refractivity contribution in [2.75, 3.05) is 6.54 Å². The number of benzene rings is 2. The number of rotatable bonds is 4. The molecule has 4 rings (SSSR count). The Bertz CT molecular complexity index is 1020. The predicted octanol–water partition coefficient (Wildman–Crippen LogP) is 3.92. The molecule has 0 aliphatic carbocycles. The molecule has 1 aromatic heterocycles. The molecule has 26 heavy (non-hydrogen) atoms. The standard InChI is InChI=1S/C18H16ClN3O3S/c19-14-7-4-6-13(12-14)17-20-18(25-21-17)16-10-5-11-22(16)26(23,24)15-8-2-1-3-9-15/h1-4,6-9,12,16H,5,10-11H2. The highest BCUT2D eigenvalue weighted by atomic mass is 35.5. The van der Waals surface area contributed by atoms with E-state index in [2.05, 4.69) is 10.1 Å². The minimum atomic E-state index is -3.61. The molecular weight excluding hydrogens is 374 g/mol. The van der Waals surface area contributed by atoms with Crippen LogP contribution in [0, 0.1) is 0 Å². The van der Waals surface area contributed by atoms with Crippen molar-refractivity contribution in [1.29, 1.82) is 0 Å². The third kappa shape index (κ3) is 3.13. The summed E-state index contributed by atoms with van der Waals surface area (Å²) in [6.45, 7) is 0.427. The quantitative estimate of drug-likeness (QED) is 0.676. The maximum Gasteiger partial charge on any atom is 0.245 e. The fraction of sp³-hybridized carbons (Fsp3) is 0.222. The van der Waals surface area contributed by atoms with E-state index >= 15 is 0 Å². The Balaban J connectivity index is 1.66. The number of nitrogens with zero attached hydrogens (tertiary/aromatic N) is 3. The molecule has 2 heterocycles. The molecule has 0 spiro atoms. The van der Waals surface area contributed by atoms with Gasteiger partial charge in [-0.25, -0.2) is 8.42 Å². The Hall–Kier alpha value is -2.22. The van der Waals surface area contributed by atoms with E-state index in [-0.39, 0.29) is 4.90 Å². The zero-order valence-electron chi connectivity index (χ0n) is 13.7. The second kappa shape index (κ2) is 6.83. The first kappa shape index (κ1) is 17.2. The summed E-state index contributed by atoms with van der Waals surface area (Å²) < 4.78 is 32.8. The van der Waals surface area contributed by atoms with Crippen molar-refractivity contribution < 1.29 is 12.9 Å². The summed E-state index contributed by atoms with van der Waals surface area (Å²) in [4.78, 5) is 4.68. The first-order valence-electron chi connectivity index (χ1n) is 8.22. The van der Waals surface area contributed by atoms with Gasteiger partial charge in [-0.05, 0) is 37.1 Å². The second-order valence-electron chi connectivity index (χ2n) is 6.05. The number of sulfonamides is 1. The van der Waals surface area contributed by atoms with Gasteiger partial charge in [-0.2, -0.15) is 9.29 Å². The molecule has 8 heteroatoms. The Kier molecular flexibility index (Phi) is 4.52. The molecule has 1 fully saturated rings. The van der Waals surface area contributed by atoms with Gasteiger partial charge in [-0.3, -0.25) is 0 Å². The number of halogens is 1. The van der Waals surface area contributed by atoms with Crippen LogP contribution >= 0.6 is 11.6 Å². The lowest BCUT2D eigenvalue weighted by Crippen LogP contribution is -2.30. The van der Waals surface area contributed by atoms with Crippen molar-refractivity contribution in [3.8, 4) is 11.4 Å². The molecule has 0 amide bonds. The van der Waals surface area contributed by atoms with Gasteiger partial charge < -0.3 is 4.52 Å². The number of aromatic nitrogens is 2. The lowest BCUT2D eigenvalue weighted by molar-refractivity contribution is 0.290. The first-order chi connectivity index (χ1) is 12.6. The molecular formula is C18H16ClN3O3S. The maximum absolute atomic E-state index is 13.0. The average molecular weight is 390 g/mol. The first-order valence-corrected chi connectivity index (χ1v) is 10.0. The molecule has 0 radical (unpaired) electrons. The summed E-state index contributed by atoms with van der Waals surface area (Å²) in [5, 5.41) is 4.57. The monoisotopic (exact) mass is 389 g/mol. The van der Waals surface area contributed by atoms with Crippen molar-refractivity contribution in [3.63, 3.8) is 0 Å². The van der Waals surface area contributed by atoms with E-state index in [0.717, 1.165) is 12.0 Å². The average Bonchev–Trinajstić information content (AvgIpc) is 3.32. The largest absolute Gasteiger partial charge is 0.337 e. The summed E-state index contributed by atoms with van der Waals surface area (Å²) in [5.74, 6) is 0.698. The van der Waals surface area contributed by atoms with Crippen LogP contribution in [0.15, 0.2) is 64.0 Å². The summed E-state index contributed by atoms with van der Waals surface area (Å²) in [5.41, 5.74) is 0.725. The molecule has 1 saturated heterocycles. The van der Waals surface area contributed by atoms with E-state index in [1.165, 1.54) is 4.31 Å². The smallest absolute Gasteiger partial charge is 0.245 e. The SMILES string of the molecule is O=S(=O)(c1ccccc1)N1CCCC1c1nc(-c2cccc(Cl)c2)no1. The van der Waals surface area contributed by atoms with Gasteiger partial charge in [0.15, 0.2) is 0 Å². The van der Waals surface area contributed by atoms with Gasteiger partial charge in [0.2, 0.25) is 21.7 Å². The molecule has 2 aromatic carbocycles. The van der Waals surface area contributed by atoms with Gasteiger partial charge in [0.05, 0.1) is 4.90 Å². The number of hydrogen-bond donors (Lipinski definition) is 0. The van der Waals surface area contributed by atoms with Crippen LogP contribution in [0.3, 0.4) is 0 Å². The molecule has 1 aliphatic heterocycles. The zero-order valence-corrected chi connectivity index (χ0v) is 15.3. The zero-order chi connectivity index (χ0) is 18.1. The van der Waals surface area contributed by atoms with Crippen LogP contribution in [-0.2, 0) is 10.0 Å². The molecule has 6 nitrogen and oxygen atoms in total. The normalized spacial score (nSPS) is 18.3. The molecule has 3 aromatic rings. The Morgan fingerprint density at radius 1 is 1.12 bits per heavy atom. The van der Waals surface area contributed by atoms with Gasteiger partial charge >= 0.3 is 0 Å². The molecule has 0 bridgehead atoms. The van der Waals surface area contributed by atoms with Gasteiger partial charge in [0.1, 0.15) is 6.04 Å². The minimum absolute atomic E-state index is 0.265. The third-order valence-corrected chi connectivity index (χ3v) is 6.52. The highest BCUT2D eigenvalue weighted by molar-refractivity contribution is 7.89. The van der Waals surface area contributed by atoms with E-state index in [9.17, 15) is 8.42 Å². The Morgan fingerprint density at radius 3 is 2.69 bits per heavy atom. The van der Waals surface area contributed by atoms with Crippen LogP contribution in [-0.4, -0.2) is 29.4 Å². The van der Waals surface area contributed by atoms with Crippen LogP contribution in [0.5, 0.6) is 0 Å². The third-order valence-electron chi connectivity index (χ3n) is 4.36. The van der Waals surface area contributed by atoms with Gasteiger partial charge in [0.25, 0.3) is 0 Å². The van der Waals surface area contributed by atoms with Crippen molar-refractivity contribution in [3.05, 3.63) is 65.5 Å². The highest BCUT2D eigenvalue weighted by Gasteiger charge is 2.39. The van der Waals surface area contributed by atoms with Gasteiger partial charge in [-0.15, -0.1) is 0 Å². The van der Waals surface area contributed by atoms with Crippen molar-refractivity contribution >= 4 is 21.6 Å². The molecule has 0 saturated carbocycles. The van der Waals surface area contributed by atoms with Crippen LogP contribution in [0.1, 0.15) is 24.8 Å². The topological polar surface area (TPSA) is 76.3 Å². The molecule has 1 atom stereocenters. The summed E-state index contributed by atoms with van der Waals surface area (Å²) in [6, 6.07) is 15.1. The van der Waals surface area contributed by atoms with Crippen LogP contribution in [0.4, 0.5) is 0 Å². The van der Waals surface area contributed by atoms with Crippen LogP contribution in [0.2, 0.25) is 5.02 Å². The molecule has 1 aliphatic rings. The van der Waals surface area contributed by atoms with Crippen molar-refractivity contribution in [2.24, 2.45) is 0 Å². The summed E-state index contributed by atoms with van der Waals surface area (Å²) in [6.07, 6.45) is 1.38. The molecule has 0 N–H and O–H groups in total. The minimum Gasteiger partial charge on any atom is -0.337 e. The summed E-state index contributed by atoms with van der Waals surface area (Å²) >= 11 is 6.01. The van der Waals surface area contributed by atoms with Crippen molar-refractivity contribution in [2.45, 2.75) is 23.8 Å². The van der Waals surface area contributed by atoms with E-state index < -0.39 is 16.1 Å². The lowest BCUT2D eigenvalue weighted by atomic mass is 10.2. The second-order valence-corrected chi connectivity index (χ2v) is 8.38. The fourth-order valence-electron chi connectivity index (χ4n) is 3.12. The highest BCUT2D eigenvalue weighted by Crippen LogP contribution is 2.36. The maximum atomic E-state index is 13.0. The lowest BCUT2D eigenvalue weighted by Gasteiger charge is -2.21. The van der Waals surface area contributed by atoms with E-state index in [4.69, 9.17) is 16.1 Å². The molecule has 134 valence electrons. The predicted molar refractivity (Wildman–Crippen MR) is 97.1 cm³/mol. The number of hydrogen-bond acceptors (Lipinski definition) is 5. The van der Waals surface area contributed by atoms with Crippen LogP contribution in [0.25, 0.3) is 11.4 Å². The fourth-order valence-corrected chi connectivity index (χ4v) is 4.98. The van der Waals surface area contributed by atoms with E-state index in [0.29, 0.717) is 29.7 Å². The van der Waals surface area contributed by atoms with Gasteiger partial charge in [0, 0.05) is 17.1 Å². The summed E-state index contributed by atoms with van der Waals surface area (Å²) in [7, 11) is -3.61. The van der Waals surface area contributed by atoms with E-state index in [1.54, 1.807) is 48.5 Å². The van der Waals surface area contributed by atoms with Crippen molar-refractivity contribution in [1.82, 2.24) is 14.4 Å². The van der Waals surface area contributed by atoms with Gasteiger partial charge in [-0.1, -0.05) is 47.1 Å². The Labute approximate surface area is 156 Å².